The van der Waals surface area contributed by atoms with Crippen LogP contribution in [0.25, 0.3) is 0 Å². The zero-order valence-electron chi connectivity index (χ0n) is 18.5. The van der Waals surface area contributed by atoms with E-state index in [2.05, 4.69) is 29.7 Å². The SMILES string of the molecule is CCCCCC(=O)NCC(=O)NC[C@H]1[C@H]2CC[C@H](C2)[C@H]1CC/C=C\CCCC(=O)O. The number of carboxylic acid groups (broad SMARTS) is 1. The van der Waals surface area contributed by atoms with Crippen LogP contribution in [0, 0.1) is 23.7 Å². The number of hydrogen-bond acceptors (Lipinski definition) is 3. The summed E-state index contributed by atoms with van der Waals surface area (Å²) in [4.78, 5) is 34.5. The van der Waals surface area contributed by atoms with Crippen LogP contribution in [-0.4, -0.2) is 36.0 Å². The predicted molar refractivity (Wildman–Crippen MR) is 118 cm³/mol. The molecule has 0 unspecified atom stereocenters. The molecular weight excluding hydrogens is 380 g/mol. The highest BCUT2D eigenvalue weighted by Gasteiger charge is 2.46. The van der Waals surface area contributed by atoms with E-state index in [9.17, 15) is 14.4 Å². The number of allylic oxidation sites excluding steroid dienone is 2. The first-order valence-electron chi connectivity index (χ1n) is 11.9. The molecule has 0 spiro atoms. The zero-order valence-corrected chi connectivity index (χ0v) is 18.5. The fourth-order valence-corrected chi connectivity index (χ4v) is 5.29. The molecule has 6 heteroatoms. The van der Waals surface area contributed by atoms with Gasteiger partial charge in [0, 0.05) is 19.4 Å². The lowest BCUT2D eigenvalue weighted by molar-refractivity contribution is -0.137. The number of amides is 2. The second kappa shape index (κ2) is 13.5. The van der Waals surface area contributed by atoms with E-state index in [0.717, 1.165) is 56.9 Å². The zero-order chi connectivity index (χ0) is 21.8. The van der Waals surface area contributed by atoms with Crippen LogP contribution in [0.4, 0.5) is 0 Å². The van der Waals surface area contributed by atoms with Crippen molar-refractivity contribution in [3.63, 3.8) is 0 Å². The van der Waals surface area contributed by atoms with Gasteiger partial charge in [0.1, 0.15) is 0 Å². The summed E-state index contributed by atoms with van der Waals surface area (Å²) in [6.45, 7) is 2.90. The fraction of sp³-hybridized carbons (Fsp3) is 0.792. The highest BCUT2D eigenvalue weighted by Crippen LogP contribution is 2.53. The highest BCUT2D eigenvalue weighted by atomic mass is 16.4. The Labute approximate surface area is 181 Å². The molecule has 30 heavy (non-hydrogen) atoms. The second-order valence-electron chi connectivity index (χ2n) is 9.03. The van der Waals surface area contributed by atoms with Crippen LogP contribution in [0.3, 0.4) is 0 Å². The number of rotatable bonds is 15. The predicted octanol–water partition coefficient (Wildman–Crippen LogP) is 4.05. The van der Waals surface area contributed by atoms with Gasteiger partial charge in [-0.15, -0.1) is 0 Å². The maximum absolute atomic E-state index is 12.2. The Morgan fingerprint density at radius 1 is 0.900 bits per heavy atom. The molecule has 0 aromatic heterocycles. The van der Waals surface area contributed by atoms with Gasteiger partial charge in [-0.1, -0.05) is 31.9 Å². The Hall–Kier alpha value is -1.85. The van der Waals surface area contributed by atoms with Crippen molar-refractivity contribution in [2.75, 3.05) is 13.1 Å². The normalized spacial score (nSPS) is 25.0. The van der Waals surface area contributed by atoms with E-state index in [1.165, 1.54) is 19.3 Å². The van der Waals surface area contributed by atoms with Crippen molar-refractivity contribution < 1.29 is 19.5 Å². The molecular formula is C24H40N2O4. The highest BCUT2D eigenvalue weighted by molar-refractivity contribution is 5.84. The maximum atomic E-state index is 12.2. The molecule has 0 aliphatic heterocycles. The molecule has 2 amide bonds. The molecule has 2 bridgehead atoms. The molecule has 4 atom stereocenters. The van der Waals surface area contributed by atoms with Crippen molar-refractivity contribution >= 4 is 17.8 Å². The van der Waals surface area contributed by atoms with Gasteiger partial charge in [0.2, 0.25) is 11.8 Å². The van der Waals surface area contributed by atoms with Crippen LogP contribution >= 0.6 is 0 Å². The molecule has 0 radical (unpaired) electrons. The Kier molecular flexibility index (Phi) is 11.0. The number of carboxylic acids is 1. The summed E-state index contributed by atoms with van der Waals surface area (Å²) in [5.74, 6) is 1.88. The van der Waals surface area contributed by atoms with Crippen LogP contribution in [0.2, 0.25) is 0 Å². The monoisotopic (exact) mass is 420 g/mol. The van der Waals surface area contributed by atoms with Crippen molar-refractivity contribution in [2.45, 2.75) is 84.0 Å². The van der Waals surface area contributed by atoms with Crippen molar-refractivity contribution in [1.29, 1.82) is 0 Å². The largest absolute Gasteiger partial charge is 0.481 e. The quantitative estimate of drug-likeness (QED) is 0.275. The van der Waals surface area contributed by atoms with Gasteiger partial charge in [-0.2, -0.15) is 0 Å². The molecule has 3 N–H and O–H groups in total. The van der Waals surface area contributed by atoms with Gasteiger partial charge in [-0.3, -0.25) is 14.4 Å². The lowest BCUT2D eigenvalue weighted by Crippen LogP contribution is -2.41. The van der Waals surface area contributed by atoms with Gasteiger partial charge in [0.25, 0.3) is 0 Å². The first-order valence-corrected chi connectivity index (χ1v) is 11.9. The van der Waals surface area contributed by atoms with E-state index >= 15 is 0 Å². The standard InChI is InChI=1S/C24H40N2O4/c1-2-3-7-11-22(27)26-17-23(28)25-16-21-19-14-13-18(15-19)20(21)10-8-5-4-6-9-12-24(29)30/h4-5,18-21H,2-3,6-17H2,1H3,(H,25,28)(H,26,27)(H,29,30)/b5-4-/t18-,19+,20-,21+/m1/s1. The van der Waals surface area contributed by atoms with Crippen LogP contribution in [-0.2, 0) is 14.4 Å². The van der Waals surface area contributed by atoms with Gasteiger partial charge >= 0.3 is 5.97 Å². The topological polar surface area (TPSA) is 95.5 Å². The van der Waals surface area contributed by atoms with Crippen molar-refractivity contribution in [1.82, 2.24) is 10.6 Å². The number of fused-ring (bicyclic) bond motifs is 2. The number of unbranched alkanes of at least 4 members (excludes halogenated alkanes) is 3. The molecule has 170 valence electrons. The molecule has 0 heterocycles. The van der Waals surface area contributed by atoms with Gasteiger partial charge in [-0.25, -0.2) is 0 Å². The summed E-state index contributed by atoms with van der Waals surface area (Å²) in [7, 11) is 0. The Balaban J connectivity index is 1.65. The third-order valence-corrected chi connectivity index (χ3v) is 6.86. The Morgan fingerprint density at radius 2 is 1.63 bits per heavy atom. The van der Waals surface area contributed by atoms with E-state index in [-0.39, 0.29) is 24.8 Å². The minimum atomic E-state index is -0.730. The molecule has 0 aromatic rings. The summed E-state index contributed by atoms with van der Waals surface area (Å²) in [6.07, 6.45) is 15.6. The van der Waals surface area contributed by atoms with Crippen molar-refractivity contribution in [3.05, 3.63) is 12.2 Å². The van der Waals surface area contributed by atoms with E-state index < -0.39 is 5.97 Å². The summed E-state index contributed by atoms with van der Waals surface area (Å²) >= 11 is 0. The first-order chi connectivity index (χ1) is 14.5. The first kappa shape index (κ1) is 24.4. The average Bonchev–Trinajstić information content (AvgIpc) is 3.31. The molecule has 0 aromatic carbocycles. The summed E-state index contributed by atoms with van der Waals surface area (Å²) in [6, 6.07) is 0. The number of hydrogen-bond donors (Lipinski definition) is 3. The number of carbonyl (C=O) groups excluding carboxylic acids is 2. The lowest BCUT2D eigenvalue weighted by Gasteiger charge is -2.31. The van der Waals surface area contributed by atoms with Crippen molar-refractivity contribution in [3.8, 4) is 0 Å². The fourth-order valence-electron chi connectivity index (χ4n) is 5.29. The Bertz CT molecular complexity index is 590. The Morgan fingerprint density at radius 3 is 2.37 bits per heavy atom. The molecule has 2 aliphatic rings. The number of carbonyl (C=O) groups is 3. The minimum Gasteiger partial charge on any atom is -0.481 e. The van der Waals surface area contributed by atoms with E-state index in [0.29, 0.717) is 24.7 Å². The van der Waals surface area contributed by atoms with E-state index in [1.807, 2.05) is 0 Å². The van der Waals surface area contributed by atoms with Crippen LogP contribution < -0.4 is 10.6 Å². The van der Waals surface area contributed by atoms with E-state index in [4.69, 9.17) is 5.11 Å². The van der Waals surface area contributed by atoms with Gasteiger partial charge in [0.05, 0.1) is 6.54 Å². The molecule has 2 aliphatic carbocycles. The van der Waals surface area contributed by atoms with Gasteiger partial charge < -0.3 is 15.7 Å². The number of nitrogens with one attached hydrogen (secondary N) is 2. The maximum Gasteiger partial charge on any atom is 0.303 e. The molecule has 2 fully saturated rings. The van der Waals surface area contributed by atoms with Gasteiger partial charge in [0.15, 0.2) is 0 Å². The van der Waals surface area contributed by atoms with Crippen LogP contribution in [0.5, 0.6) is 0 Å². The third-order valence-electron chi connectivity index (χ3n) is 6.86. The van der Waals surface area contributed by atoms with Crippen LogP contribution in [0.15, 0.2) is 12.2 Å². The number of aliphatic carboxylic acids is 1. The van der Waals surface area contributed by atoms with E-state index in [1.54, 1.807) is 0 Å². The average molecular weight is 421 g/mol. The second-order valence-corrected chi connectivity index (χ2v) is 9.03. The lowest BCUT2D eigenvalue weighted by atomic mass is 9.77. The smallest absolute Gasteiger partial charge is 0.303 e. The minimum absolute atomic E-state index is 0.0356. The summed E-state index contributed by atoms with van der Waals surface area (Å²) < 4.78 is 0. The summed E-state index contributed by atoms with van der Waals surface area (Å²) in [5.41, 5.74) is 0. The van der Waals surface area contributed by atoms with Gasteiger partial charge in [-0.05, 0) is 75.0 Å². The molecule has 2 rings (SSSR count). The third kappa shape index (κ3) is 8.49. The van der Waals surface area contributed by atoms with Crippen molar-refractivity contribution in [2.24, 2.45) is 23.7 Å². The molecule has 2 saturated carbocycles. The molecule has 6 nitrogen and oxygen atoms in total. The van der Waals surface area contributed by atoms with Crippen LogP contribution in [0.1, 0.15) is 84.0 Å². The molecule has 0 saturated heterocycles. The summed E-state index contributed by atoms with van der Waals surface area (Å²) in [5, 5.41) is 14.5.